The second-order valence-electron chi connectivity index (χ2n) is 3.58. The summed E-state index contributed by atoms with van der Waals surface area (Å²) in [5.41, 5.74) is 0. The standard InChI is InChI=1S/C11H25NOS/c1-4-11(5-2)12(8-9-13)7-6-10-14-3/h11,13H,4-10H2,1-3H3. The van der Waals surface area contributed by atoms with Gasteiger partial charge in [0.15, 0.2) is 0 Å². The average molecular weight is 219 g/mol. The summed E-state index contributed by atoms with van der Waals surface area (Å²) in [5, 5.41) is 8.99. The van der Waals surface area contributed by atoms with Gasteiger partial charge in [0.2, 0.25) is 0 Å². The van der Waals surface area contributed by atoms with E-state index >= 15 is 0 Å². The zero-order valence-electron chi connectivity index (χ0n) is 9.83. The van der Waals surface area contributed by atoms with E-state index < -0.39 is 0 Å². The monoisotopic (exact) mass is 219 g/mol. The van der Waals surface area contributed by atoms with Gasteiger partial charge in [-0.15, -0.1) is 0 Å². The summed E-state index contributed by atoms with van der Waals surface area (Å²) in [6.07, 6.45) is 5.76. The summed E-state index contributed by atoms with van der Waals surface area (Å²) < 4.78 is 0. The van der Waals surface area contributed by atoms with Crippen LogP contribution in [0.3, 0.4) is 0 Å². The van der Waals surface area contributed by atoms with E-state index in [9.17, 15) is 0 Å². The molecule has 0 aromatic rings. The van der Waals surface area contributed by atoms with Gasteiger partial charge < -0.3 is 5.11 Å². The minimum atomic E-state index is 0.287. The molecule has 2 nitrogen and oxygen atoms in total. The number of nitrogens with zero attached hydrogens (tertiary/aromatic N) is 1. The van der Waals surface area contributed by atoms with Gasteiger partial charge in [0, 0.05) is 12.6 Å². The molecule has 0 atom stereocenters. The van der Waals surface area contributed by atoms with Crippen LogP contribution in [0.1, 0.15) is 33.1 Å². The van der Waals surface area contributed by atoms with Gasteiger partial charge in [-0.25, -0.2) is 0 Å². The molecule has 0 rings (SSSR count). The number of hydrogen-bond donors (Lipinski definition) is 1. The maximum atomic E-state index is 8.99. The van der Waals surface area contributed by atoms with Gasteiger partial charge in [-0.05, 0) is 37.8 Å². The molecule has 0 unspecified atom stereocenters. The first-order valence-electron chi connectivity index (χ1n) is 5.63. The Balaban J connectivity index is 3.85. The van der Waals surface area contributed by atoms with Gasteiger partial charge in [-0.1, -0.05) is 13.8 Å². The van der Waals surface area contributed by atoms with Crippen LogP contribution >= 0.6 is 11.8 Å². The lowest BCUT2D eigenvalue weighted by Crippen LogP contribution is -2.37. The summed E-state index contributed by atoms with van der Waals surface area (Å²) in [5.74, 6) is 1.22. The smallest absolute Gasteiger partial charge is 0.0558 e. The van der Waals surface area contributed by atoms with Crippen LogP contribution in [0, 0.1) is 0 Å². The second kappa shape index (κ2) is 9.81. The van der Waals surface area contributed by atoms with Crippen LogP contribution in [-0.4, -0.2) is 47.8 Å². The third kappa shape index (κ3) is 5.89. The zero-order valence-corrected chi connectivity index (χ0v) is 10.6. The molecule has 0 aliphatic heterocycles. The van der Waals surface area contributed by atoms with E-state index in [1.807, 2.05) is 11.8 Å². The Kier molecular flexibility index (Phi) is 10.0. The van der Waals surface area contributed by atoms with E-state index in [1.54, 1.807) is 0 Å². The highest BCUT2D eigenvalue weighted by Gasteiger charge is 2.13. The van der Waals surface area contributed by atoms with Crippen LogP contribution in [0.5, 0.6) is 0 Å². The van der Waals surface area contributed by atoms with Gasteiger partial charge in [0.1, 0.15) is 0 Å². The molecule has 1 N–H and O–H groups in total. The molecule has 86 valence electrons. The van der Waals surface area contributed by atoms with E-state index in [1.165, 1.54) is 25.0 Å². The molecule has 0 spiro atoms. The average Bonchev–Trinajstić information content (AvgIpc) is 2.20. The molecule has 0 bridgehead atoms. The van der Waals surface area contributed by atoms with E-state index in [0.717, 1.165) is 13.1 Å². The maximum Gasteiger partial charge on any atom is 0.0558 e. The Hall–Kier alpha value is 0.270. The maximum absolute atomic E-state index is 8.99. The minimum absolute atomic E-state index is 0.287. The molecule has 0 amide bonds. The topological polar surface area (TPSA) is 23.5 Å². The normalized spacial score (nSPS) is 11.6. The lowest BCUT2D eigenvalue weighted by Gasteiger charge is -2.29. The molecule has 0 aliphatic rings. The van der Waals surface area contributed by atoms with Crippen LogP contribution < -0.4 is 0 Å². The molecule has 0 heterocycles. The third-order valence-electron chi connectivity index (χ3n) is 2.64. The summed E-state index contributed by atoms with van der Waals surface area (Å²) in [7, 11) is 0. The summed E-state index contributed by atoms with van der Waals surface area (Å²) in [4.78, 5) is 2.43. The molecule has 3 heteroatoms. The molecular weight excluding hydrogens is 194 g/mol. The predicted octanol–water partition coefficient (Wildman–Crippen LogP) is 2.22. The number of hydrogen-bond acceptors (Lipinski definition) is 3. The highest BCUT2D eigenvalue weighted by atomic mass is 32.2. The van der Waals surface area contributed by atoms with Crippen molar-refractivity contribution < 1.29 is 5.11 Å². The zero-order chi connectivity index (χ0) is 10.8. The molecule has 0 fully saturated rings. The van der Waals surface area contributed by atoms with Gasteiger partial charge in [0.05, 0.1) is 6.61 Å². The van der Waals surface area contributed by atoms with Gasteiger partial charge in [-0.2, -0.15) is 11.8 Å². The van der Waals surface area contributed by atoms with E-state index in [4.69, 9.17) is 5.11 Å². The first-order chi connectivity index (χ1) is 6.79. The predicted molar refractivity (Wildman–Crippen MR) is 66.0 cm³/mol. The molecular formula is C11H25NOS. The van der Waals surface area contributed by atoms with Crippen molar-refractivity contribution in [2.24, 2.45) is 0 Å². The Morgan fingerprint density at radius 2 is 1.86 bits per heavy atom. The van der Waals surface area contributed by atoms with Gasteiger partial charge >= 0.3 is 0 Å². The van der Waals surface area contributed by atoms with Crippen LogP contribution in [0.2, 0.25) is 0 Å². The molecule has 14 heavy (non-hydrogen) atoms. The van der Waals surface area contributed by atoms with Gasteiger partial charge in [0.25, 0.3) is 0 Å². The van der Waals surface area contributed by atoms with Crippen molar-refractivity contribution in [2.45, 2.75) is 39.2 Å². The third-order valence-corrected chi connectivity index (χ3v) is 3.34. The van der Waals surface area contributed by atoms with Crippen molar-refractivity contribution in [3.8, 4) is 0 Å². The van der Waals surface area contributed by atoms with E-state index in [2.05, 4.69) is 25.0 Å². The quantitative estimate of drug-likeness (QED) is 0.602. The largest absolute Gasteiger partial charge is 0.395 e. The van der Waals surface area contributed by atoms with Crippen LogP contribution in [-0.2, 0) is 0 Å². The fourth-order valence-corrected chi connectivity index (χ4v) is 2.24. The highest BCUT2D eigenvalue weighted by Crippen LogP contribution is 2.09. The number of aliphatic hydroxyl groups excluding tert-OH is 1. The second-order valence-corrected chi connectivity index (χ2v) is 4.56. The highest BCUT2D eigenvalue weighted by molar-refractivity contribution is 7.98. The van der Waals surface area contributed by atoms with Crippen molar-refractivity contribution in [3.63, 3.8) is 0 Å². The Labute approximate surface area is 93.1 Å². The Morgan fingerprint density at radius 1 is 1.21 bits per heavy atom. The molecule has 0 aromatic heterocycles. The van der Waals surface area contributed by atoms with Crippen molar-refractivity contribution >= 4 is 11.8 Å². The lowest BCUT2D eigenvalue weighted by molar-refractivity contribution is 0.144. The number of thioether (sulfide) groups is 1. The lowest BCUT2D eigenvalue weighted by atomic mass is 10.1. The summed E-state index contributed by atoms with van der Waals surface area (Å²) >= 11 is 1.90. The Bertz CT molecular complexity index is 118. The molecule has 0 radical (unpaired) electrons. The minimum Gasteiger partial charge on any atom is -0.395 e. The first-order valence-corrected chi connectivity index (χ1v) is 7.03. The van der Waals surface area contributed by atoms with Crippen LogP contribution in [0.15, 0.2) is 0 Å². The number of rotatable bonds is 9. The van der Waals surface area contributed by atoms with Crippen molar-refractivity contribution in [2.75, 3.05) is 31.7 Å². The van der Waals surface area contributed by atoms with E-state index in [-0.39, 0.29) is 6.61 Å². The summed E-state index contributed by atoms with van der Waals surface area (Å²) in [6, 6.07) is 0.656. The van der Waals surface area contributed by atoms with Crippen molar-refractivity contribution in [1.82, 2.24) is 4.90 Å². The molecule has 0 aromatic carbocycles. The fourth-order valence-electron chi connectivity index (χ4n) is 1.82. The van der Waals surface area contributed by atoms with E-state index in [0.29, 0.717) is 6.04 Å². The summed E-state index contributed by atoms with van der Waals surface area (Å²) in [6.45, 7) is 6.71. The van der Waals surface area contributed by atoms with Crippen LogP contribution in [0.25, 0.3) is 0 Å². The fraction of sp³-hybridized carbons (Fsp3) is 1.00. The molecule has 0 saturated heterocycles. The van der Waals surface area contributed by atoms with Gasteiger partial charge in [-0.3, -0.25) is 4.90 Å². The van der Waals surface area contributed by atoms with Crippen molar-refractivity contribution in [1.29, 1.82) is 0 Å². The molecule has 0 aliphatic carbocycles. The molecule has 0 saturated carbocycles. The number of aliphatic hydroxyl groups is 1. The Morgan fingerprint density at radius 3 is 2.29 bits per heavy atom. The SMILES string of the molecule is CCC(CC)N(CCO)CCCSC. The van der Waals surface area contributed by atoms with Crippen molar-refractivity contribution in [3.05, 3.63) is 0 Å². The first kappa shape index (κ1) is 14.3. The van der Waals surface area contributed by atoms with Crippen LogP contribution in [0.4, 0.5) is 0 Å².